The molecule has 3 nitrogen and oxygen atoms in total. The lowest BCUT2D eigenvalue weighted by atomic mass is 10.2. The van der Waals surface area contributed by atoms with Crippen LogP contribution in [0, 0.1) is 0 Å². The van der Waals surface area contributed by atoms with Gasteiger partial charge in [-0.15, -0.1) is 11.3 Å². The molecule has 1 heterocycles. The maximum atomic E-state index is 11.1. The molecule has 94 valence electrons. The summed E-state index contributed by atoms with van der Waals surface area (Å²) in [6.07, 6.45) is 1.31. The Morgan fingerprint density at radius 3 is 2.72 bits per heavy atom. The van der Waals surface area contributed by atoms with E-state index in [-0.39, 0.29) is 0 Å². The number of benzene rings is 1. The van der Waals surface area contributed by atoms with Crippen LogP contribution in [-0.4, -0.2) is 16.1 Å². The zero-order valence-electron chi connectivity index (χ0n) is 9.81. The highest BCUT2D eigenvalue weighted by Gasteiger charge is 2.16. The van der Waals surface area contributed by atoms with Crippen molar-refractivity contribution in [1.29, 1.82) is 0 Å². The Morgan fingerprint density at radius 1 is 1.44 bits per heavy atom. The van der Waals surface area contributed by atoms with Gasteiger partial charge in [-0.05, 0) is 18.1 Å². The van der Waals surface area contributed by atoms with Crippen LogP contribution in [-0.2, 0) is 12.8 Å². The van der Waals surface area contributed by atoms with Crippen molar-refractivity contribution in [2.75, 3.05) is 0 Å². The van der Waals surface area contributed by atoms with E-state index in [0.29, 0.717) is 23.4 Å². The molecule has 0 bridgehead atoms. The van der Waals surface area contributed by atoms with E-state index in [2.05, 4.69) is 20.9 Å². The molecule has 0 atom stereocenters. The summed E-state index contributed by atoms with van der Waals surface area (Å²) >= 11 is 4.75. The van der Waals surface area contributed by atoms with Gasteiger partial charge in [0.15, 0.2) is 0 Å². The Bertz CT molecular complexity index is 580. The van der Waals surface area contributed by atoms with Gasteiger partial charge in [-0.25, -0.2) is 9.78 Å². The van der Waals surface area contributed by atoms with Gasteiger partial charge in [0.2, 0.25) is 0 Å². The molecule has 1 N–H and O–H groups in total. The van der Waals surface area contributed by atoms with Gasteiger partial charge in [-0.3, -0.25) is 0 Å². The molecule has 1 aromatic carbocycles. The summed E-state index contributed by atoms with van der Waals surface area (Å²) < 4.78 is 1.02. The summed E-state index contributed by atoms with van der Waals surface area (Å²) in [7, 11) is 0. The summed E-state index contributed by atoms with van der Waals surface area (Å²) in [5, 5.41) is 9.94. The molecule has 0 aliphatic rings. The van der Waals surface area contributed by atoms with Gasteiger partial charge in [0.1, 0.15) is 4.88 Å². The number of aromatic carboxylic acids is 1. The van der Waals surface area contributed by atoms with E-state index >= 15 is 0 Å². The SMILES string of the molecule is CCc1nc(Cc2ccccc2Br)sc1C(=O)O. The van der Waals surface area contributed by atoms with E-state index in [4.69, 9.17) is 5.11 Å². The first-order valence-corrected chi connectivity index (χ1v) is 7.18. The predicted molar refractivity (Wildman–Crippen MR) is 75.4 cm³/mol. The van der Waals surface area contributed by atoms with Gasteiger partial charge < -0.3 is 5.11 Å². The van der Waals surface area contributed by atoms with Gasteiger partial charge in [0.05, 0.1) is 10.7 Å². The van der Waals surface area contributed by atoms with Gasteiger partial charge in [-0.1, -0.05) is 41.1 Å². The minimum Gasteiger partial charge on any atom is -0.477 e. The van der Waals surface area contributed by atoms with Crippen molar-refractivity contribution in [2.24, 2.45) is 0 Å². The van der Waals surface area contributed by atoms with E-state index in [9.17, 15) is 4.79 Å². The maximum Gasteiger partial charge on any atom is 0.347 e. The van der Waals surface area contributed by atoms with Gasteiger partial charge in [-0.2, -0.15) is 0 Å². The smallest absolute Gasteiger partial charge is 0.347 e. The van der Waals surface area contributed by atoms with Crippen molar-refractivity contribution >= 4 is 33.2 Å². The lowest BCUT2D eigenvalue weighted by Gasteiger charge is -2.00. The first-order chi connectivity index (χ1) is 8.61. The quantitative estimate of drug-likeness (QED) is 0.931. The third-order valence-corrected chi connectivity index (χ3v) is 4.43. The van der Waals surface area contributed by atoms with Crippen LogP contribution in [0.15, 0.2) is 28.7 Å². The van der Waals surface area contributed by atoms with Crippen LogP contribution in [0.5, 0.6) is 0 Å². The number of hydrogen-bond acceptors (Lipinski definition) is 3. The second-order valence-electron chi connectivity index (χ2n) is 3.81. The summed E-state index contributed by atoms with van der Waals surface area (Å²) in [5.74, 6) is -0.886. The van der Waals surface area contributed by atoms with E-state index in [1.165, 1.54) is 11.3 Å². The molecule has 2 aromatic rings. The van der Waals surface area contributed by atoms with Crippen molar-refractivity contribution in [3.63, 3.8) is 0 Å². The highest BCUT2D eigenvalue weighted by atomic mass is 79.9. The van der Waals surface area contributed by atoms with Crippen molar-refractivity contribution in [1.82, 2.24) is 4.98 Å². The topological polar surface area (TPSA) is 50.2 Å². The summed E-state index contributed by atoms with van der Waals surface area (Å²) in [4.78, 5) is 15.8. The van der Waals surface area contributed by atoms with Crippen molar-refractivity contribution < 1.29 is 9.90 Å². The minimum atomic E-state index is -0.886. The van der Waals surface area contributed by atoms with Crippen molar-refractivity contribution in [3.05, 3.63) is 49.9 Å². The van der Waals surface area contributed by atoms with Gasteiger partial charge >= 0.3 is 5.97 Å². The van der Waals surface area contributed by atoms with Gasteiger partial charge in [0, 0.05) is 10.9 Å². The lowest BCUT2D eigenvalue weighted by molar-refractivity contribution is 0.0701. The van der Waals surface area contributed by atoms with Crippen LogP contribution in [0.1, 0.15) is 32.9 Å². The molecule has 0 fully saturated rings. The Balaban J connectivity index is 2.30. The Labute approximate surface area is 118 Å². The zero-order chi connectivity index (χ0) is 13.1. The number of halogens is 1. The van der Waals surface area contributed by atoms with Gasteiger partial charge in [0.25, 0.3) is 0 Å². The third kappa shape index (κ3) is 2.79. The largest absolute Gasteiger partial charge is 0.477 e. The maximum absolute atomic E-state index is 11.1. The molecule has 2 rings (SSSR count). The fourth-order valence-corrected chi connectivity index (χ4v) is 3.13. The molecule has 0 spiro atoms. The molecule has 0 saturated heterocycles. The van der Waals surface area contributed by atoms with E-state index in [1.807, 2.05) is 31.2 Å². The standard InChI is InChI=1S/C13H12BrNO2S/c1-2-10-12(13(16)17)18-11(15-10)7-8-5-3-4-6-9(8)14/h3-6H,2,7H2,1H3,(H,16,17). The van der Waals surface area contributed by atoms with Crippen LogP contribution in [0.2, 0.25) is 0 Å². The number of nitrogens with zero attached hydrogens (tertiary/aromatic N) is 1. The van der Waals surface area contributed by atoms with Crippen LogP contribution in [0.3, 0.4) is 0 Å². The second kappa shape index (κ2) is 5.63. The predicted octanol–water partition coefficient (Wildman–Crippen LogP) is 3.76. The first kappa shape index (κ1) is 13.2. The number of aromatic nitrogens is 1. The minimum absolute atomic E-state index is 0.361. The van der Waals surface area contributed by atoms with Crippen LogP contribution in [0.4, 0.5) is 0 Å². The molecule has 18 heavy (non-hydrogen) atoms. The lowest BCUT2D eigenvalue weighted by Crippen LogP contribution is -1.97. The number of rotatable bonds is 4. The molecule has 0 saturated carbocycles. The number of carbonyl (C=O) groups is 1. The van der Waals surface area contributed by atoms with Crippen molar-refractivity contribution in [3.8, 4) is 0 Å². The molecule has 5 heteroatoms. The van der Waals surface area contributed by atoms with E-state index in [0.717, 1.165) is 15.0 Å². The number of carboxylic acid groups (broad SMARTS) is 1. The zero-order valence-corrected chi connectivity index (χ0v) is 12.2. The Morgan fingerprint density at radius 2 is 2.17 bits per heavy atom. The Hall–Kier alpha value is -1.20. The second-order valence-corrected chi connectivity index (χ2v) is 5.75. The number of carboxylic acids is 1. The Kier molecular flexibility index (Phi) is 4.14. The molecular formula is C13H12BrNO2S. The summed E-state index contributed by atoms with van der Waals surface area (Å²) in [5.41, 5.74) is 1.79. The fraction of sp³-hybridized carbons (Fsp3) is 0.231. The number of hydrogen-bond donors (Lipinski definition) is 1. The summed E-state index contributed by atoms with van der Waals surface area (Å²) in [6, 6.07) is 7.90. The van der Waals surface area contributed by atoms with Crippen LogP contribution >= 0.6 is 27.3 Å². The highest BCUT2D eigenvalue weighted by Crippen LogP contribution is 2.25. The average molecular weight is 326 g/mol. The molecule has 0 aliphatic heterocycles. The average Bonchev–Trinajstić information content (AvgIpc) is 2.75. The van der Waals surface area contributed by atoms with Crippen molar-refractivity contribution in [2.45, 2.75) is 19.8 Å². The molecule has 1 aromatic heterocycles. The molecular weight excluding hydrogens is 314 g/mol. The number of thiazole rings is 1. The molecule has 0 radical (unpaired) electrons. The fourth-order valence-electron chi connectivity index (χ4n) is 1.69. The van der Waals surface area contributed by atoms with E-state index < -0.39 is 5.97 Å². The molecule has 0 amide bonds. The highest BCUT2D eigenvalue weighted by molar-refractivity contribution is 9.10. The summed E-state index contributed by atoms with van der Waals surface area (Å²) in [6.45, 7) is 1.92. The molecule has 0 unspecified atom stereocenters. The number of aryl methyl sites for hydroxylation is 1. The first-order valence-electron chi connectivity index (χ1n) is 5.57. The third-order valence-electron chi connectivity index (χ3n) is 2.57. The monoisotopic (exact) mass is 325 g/mol. The van der Waals surface area contributed by atoms with Crippen LogP contribution < -0.4 is 0 Å². The normalized spacial score (nSPS) is 10.6. The van der Waals surface area contributed by atoms with Crippen LogP contribution in [0.25, 0.3) is 0 Å². The molecule has 0 aliphatic carbocycles. The van der Waals surface area contributed by atoms with E-state index in [1.54, 1.807) is 0 Å².